The number of likely N-dealkylation sites (tertiary alicyclic amines) is 1. The van der Waals surface area contributed by atoms with Gasteiger partial charge in [0.15, 0.2) is 0 Å². The lowest BCUT2D eigenvalue weighted by Gasteiger charge is -2.15. The van der Waals surface area contributed by atoms with Gasteiger partial charge in [0.05, 0.1) is 6.04 Å². The van der Waals surface area contributed by atoms with Gasteiger partial charge in [0.25, 0.3) is 0 Å². The monoisotopic (exact) mass is 168 g/mol. The Kier molecular flexibility index (Phi) is 2.87. The molecule has 2 atom stereocenters. The highest BCUT2D eigenvalue weighted by Gasteiger charge is 2.28. The number of nitrogens with zero attached hydrogens (tertiary/aromatic N) is 1. The van der Waals surface area contributed by atoms with E-state index in [1.165, 1.54) is 0 Å². The molecule has 2 unspecified atom stereocenters. The highest BCUT2D eigenvalue weighted by molar-refractivity contribution is 5.83. The molecule has 68 valence electrons. The Balaban J connectivity index is 2.44. The van der Waals surface area contributed by atoms with Gasteiger partial charge in [-0.3, -0.25) is 10.1 Å². The largest absolute Gasteiger partial charge is 0.344 e. The van der Waals surface area contributed by atoms with Gasteiger partial charge in [-0.2, -0.15) is 0 Å². The van der Waals surface area contributed by atoms with Gasteiger partial charge in [-0.05, 0) is 13.3 Å². The molecule has 0 aromatic heterocycles. The van der Waals surface area contributed by atoms with Crippen molar-refractivity contribution >= 4 is 5.91 Å². The van der Waals surface area contributed by atoms with E-state index >= 15 is 0 Å². The van der Waals surface area contributed by atoms with Crippen LogP contribution in [0.3, 0.4) is 0 Å². The summed E-state index contributed by atoms with van der Waals surface area (Å²) in [6, 6.07) is 0.216. The molecular formula is C9H16N2O. The molecule has 1 saturated heterocycles. The maximum atomic E-state index is 11.4. The number of carbonyl (C=O) groups is 1. The Morgan fingerprint density at radius 3 is 2.92 bits per heavy atom. The summed E-state index contributed by atoms with van der Waals surface area (Å²) in [5, 5.41) is 3.20. The zero-order chi connectivity index (χ0) is 9.14. The number of nitrogens with one attached hydrogen (secondary N) is 1. The fourth-order valence-corrected chi connectivity index (χ4v) is 1.36. The van der Waals surface area contributed by atoms with E-state index in [4.69, 9.17) is 0 Å². The molecule has 1 fully saturated rings. The van der Waals surface area contributed by atoms with Gasteiger partial charge in [0, 0.05) is 19.6 Å². The van der Waals surface area contributed by atoms with Crippen molar-refractivity contribution in [1.29, 1.82) is 0 Å². The van der Waals surface area contributed by atoms with Gasteiger partial charge in [-0.15, -0.1) is 6.58 Å². The summed E-state index contributed by atoms with van der Waals surface area (Å²) >= 11 is 0. The summed E-state index contributed by atoms with van der Waals surface area (Å²) in [6.45, 7) is 6.52. The number of rotatable bonds is 3. The van der Waals surface area contributed by atoms with Crippen LogP contribution in [0.2, 0.25) is 0 Å². The molecule has 0 saturated carbocycles. The standard InChI is InChI=1S/C9H16N2O/c1-4-7(2)10-8-5-6-11(3)9(8)12/h4,7-8,10H,1,5-6H2,2-3H3. The van der Waals surface area contributed by atoms with Crippen molar-refractivity contribution in [1.82, 2.24) is 10.2 Å². The molecule has 3 heteroatoms. The van der Waals surface area contributed by atoms with Crippen LogP contribution in [0, 0.1) is 0 Å². The van der Waals surface area contributed by atoms with Gasteiger partial charge in [-0.25, -0.2) is 0 Å². The van der Waals surface area contributed by atoms with Crippen LogP contribution in [0.5, 0.6) is 0 Å². The molecule has 1 rings (SSSR count). The first-order chi connectivity index (χ1) is 5.65. The third kappa shape index (κ3) is 1.85. The van der Waals surface area contributed by atoms with Crippen molar-refractivity contribution in [2.45, 2.75) is 25.4 Å². The van der Waals surface area contributed by atoms with E-state index in [1.54, 1.807) is 4.90 Å². The molecule has 0 bridgehead atoms. The molecule has 1 amide bonds. The van der Waals surface area contributed by atoms with Crippen molar-refractivity contribution < 1.29 is 4.79 Å². The summed E-state index contributed by atoms with van der Waals surface area (Å²) in [4.78, 5) is 13.1. The quantitative estimate of drug-likeness (QED) is 0.618. The smallest absolute Gasteiger partial charge is 0.239 e. The average molecular weight is 168 g/mol. The van der Waals surface area contributed by atoms with Crippen molar-refractivity contribution in [2.24, 2.45) is 0 Å². The van der Waals surface area contributed by atoms with E-state index in [0.717, 1.165) is 13.0 Å². The molecular weight excluding hydrogens is 152 g/mol. The second-order valence-electron chi connectivity index (χ2n) is 3.29. The van der Waals surface area contributed by atoms with Crippen LogP contribution in [-0.4, -0.2) is 36.5 Å². The van der Waals surface area contributed by atoms with Crippen LogP contribution in [0.15, 0.2) is 12.7 Å². The van der Waals surface area contributed by atoms with E-state index in [2.05, 4.69) is 11.9 Å². The van der Waals surface area contributed by atoms with Crippen molar-refractivity contribution in [2.75, 3.05) is 13.6 Å². The number of hydrogen-bond acceptors (Lipinski definition) is 2. The van der Waals surface area contributed by atoms with Crippen LogP contribution in [0.4, 0.5) is 0 Å². The Labute approximate surface area is 73.4 Å². The fourth-order valence-electron chi connectivity index (χ4n) is 1.36. The van der Waals surface area contributed by atoms with Crippen molar-refractivity contribution in [3.8, 4) is 0 Å². The average Bonchev–Trinajstić information content (AvgIpc) is 2.36. The van der Waals surface area contributed by atoms with Crippen LogP contribution in [0.1, 0.15) is 13.3 Å². The topological polar surface area (TPSA) is 32.3 Å². The summed E-state index contributed by atoms with van der Waals surface area (Å²) in [7, 11) is 1.84. The number of likely N-dealkylation sites (N-methyl/N-ethyl adjacent to an activating group) is 1. The highest BCUT2D eigenvalue weighted by Crippen LogP contribution is 2.08. The number of amides is 1. The molecule has 0 radical (unpaired) electrons. The first-order valence-corrected chi connectivity index (χ1v) is 4.28. The normalized spacial score (nSPS) is 26.0. The third-order valence-corrected chi connectivity index (χ3v) is 2.25. The van der Waals surface area contributed by atoms with E-state index in [0.29, 0.717) is 0 Å². The minimum absolute atomic E-state index is 0.00278. The first-order valence-electron chi connectivity index (χ1n) is 4.28. The summed E-state index contributed by atoms with van der Waals surface area (Å²) < 4.78 is 0. The second-order valence-corrected chi connectivity index (χ2v) is 3.29. The Hall–Kier alpha value is -0.830. The van der Waals surface area contributed by atoms with Crippen LogP contribution in [-0.2, 0) is 4.79 Å². The van der Waals surface area contributed by atoms with Crippen LogP contribution in [0.25, 0.3) is 0 Å². The maximum absolute atomic E-state index is 11.4. The molecule has 1 aliphatic heterocycles. The lowest BCUT2D eigenvalue weighted by atomic mass is 10.2. The van der Waals surface area contributed by atoms with E-state index in [9.17, 15) is 4.79 Å². The number of hydrogen-bond donors (Lipinski definition) is 1. The second kappa shape index (κ2) is 3.72. The van der Waals surface area contributed by atoms with Crippen LogP contribution >= 0.6 is 0 Å². The SMILES string of the molecule is C=CC(C)NC1CCN(C)C1=O. The molecule has 0 aliphatic carbocycles. The zero-order valence-corrected chi connectivity index (χ0v) is 7.71. The van der Waals surface area contributed by atoms with E-state index < -0.39 is 0 Å². The van der Waals surface area contributed by atoms with Gasteiger partial charge in [0.2, 0.25) is 5.91 Å². The van der Waals surface area contributed by atoms with Crippen molar-refractivity contribution in [3.63, 3.8) is 0 Å². The van der Waals surface area contributed by atoms with Gasteiger partial charge < -0.3 is 4.90 Å². The highest BCUT2D eigenvalue weighted by atomic mass is 16.2. The van der Waals surface area contributed by atoms with Gasteiger partial charge in [0.1, 0.15) is 0 Å². The molecule has 1 heterocycles. The lowest BCUT2D eigenvalue weighted by Crippen LogP contribution is -2.40. The number of carbonyl (C=O) groups excluding carboxylic acids is 1. The summed E-state index contributed by atoms with van der Waals surface area (Å²) in [6.07, 6.45) is 2.72. The van der Waals surface area contributed by atoms with Gasteiger partial charge in [-0.1, -0.05) is 6.08 Å². The minimum Gasteiger partial charge on any atom is -0.344 e. The summed E-state index contributed by atoms with van der Waals surface area (Å²) in [5.41, 5.74) is 0. The molecule has 12 heavy (non-hydrogen) atoms. The first kappa shape index (κ1) is 9.26. The molecule has 0 aromatic rings. The van der Waals surface area contributed by atoms with Gasteiger partial charge >= 0.3 is 0 Å². The van der Waals surface area contributed by atoms with Crippen LogP contribution < -0.4 is 5.32 Å². The molecule has 0 spiro atoms. The third-order valence-electron chi connectivity index (χ3n) is 2.25. The Morgan fingerprint density at radius 2 is 2.50 bits per heavy atom. The predicted octanol–water partition coefficient (Wildman–Crippen LogP) is 0.381. The Bertz CT molecular complexity index is 191. The molecule has 3 nitrogen and oxygen atoms in total. The summed E-state index contributed by atoms with van der Waals surface area (Å²) in [5.74, 6) is 0.198. The maximum Gasteiger partial charge on any atom is 0.239 e. The van der Waals surface area contributed by atoms with Crippen molar-refractivity contribution in [3.05, 3.63) is 12.7 Å². The predicted molar refractivity (Wildman–Crippen MR) is 48.8 cm³/mol. The fraction of sp³-hybridized carbons (Fsp3) is 0.667. The lowest BCUT2D eigenvalue weighted by molar-refractivity contribution is -0.128. The molecule has 1 aliphatic rings. The molecule has 0 aromatic carbocycles. The zero-order valence-electron chi connectivity index (χ0n) is 7.71. The van der Waals surface area contributed by atoms with E-state index in [1.807, 2.05) is 20.0 Å². The van der Waals surface area contributed by atoms with E-state index in [-0.39, 0.29) is 18.0 Å². The minimum atomic E-state index is 0.00278. The molecule has 1 N–H and O–H groups in total. The Morgan fingerprint density at radius 1 is 1.83 bits per heavy atom.